The molecule has 0 amide bonds. The summed E-state index contributed by atoms with van der Waals surface area (Å²) in [6.07, 6.45) is 0.560. The van der Waals surface area contributed by atoms with E-state index >= 15 is 0 Å². The monoisotopic (exact) mass is 165 g/mol. The van der Waals surface area contributed by atoms with Crippen LogP contribution in [0.3, 0.4) is 0 Å². The summed E-state index contributed by atoms with van der Waals surface area (Å²) in [7, 11) is 0. The van der Waals surface area contributed by atoms with Gasteiger partial charge < -0.3 is 5.32 Å². The van der Waals surface area contributed by atoms with Gasteiger partial charge in [-0.25, -0.2) is 4.39 Å². The molecule has 1 aliphatic rings. The Kier molecular flexibility index (Phi) is 1.56. The zero-order valence-electron chi connectivity index (χ0n) is 7.10. The third-order valence-corrected chi connectivity index (χ3v) is 2.40. The molecule has 12 heavy (non-hydrogen) atoms. The molecule has 0 aromatic heterocycles. The maximum atomic E-state index is 13.8. The first-order valence-corrected chi connectivity index (χ1v) is 4.22. The van der Waals surface area contributed by atoms with E-state index in [1.54, 1.807) is 6.92 Å². The van der Waals surface area contributed by atoms with E-state index in [1.807, 2.05) is 24.3 Å². The molecule has 0 fully saturated rings. The molecule has 1 unspecified atom stereocenters. The molecule has 1 heterocycles. The normalized spacial score (nSPS) is 27.5. The summed E-state index contributed by atoms with van der Waals surface area (Å²) < 4.78 is 13.8. The second-order valence-electron chi connectivity index (χ2n) is 3.42. The summed E-state index contributed by atoms with van der Waals surface area (Å²) in [5.41, 5.74) is 0.576. The fourth-order valence-electron chi connectivity index (χ4n) is 1.66. The Morgan fingerprint density at radius 1 is 1.42 bits per heavy atom. The van der Waals surface area contributed by atoms with E-state index in [0.29, 0.717) is 6.42 Å². The van der Waals surface area contributed by atoms with Crippen molar-refractivity contribution in [1.29, 1.82) is 0 Å². The molecule has 64 valence electrons. The zero-order valence-corrected chi connectivity index (χ0v) is 7.10. The second-order valence-corrected chi connectivity index (χ2v) is 3.42. The summed E-state index contributed by atoms with van der Waals surface area (Å²) in [4.78, 5) is 0. The van der Waals surface area contributed by atoms with Gasteiger partial charge >= 0.3 is 0 Å². The number of benzene rings is 1. The first-order valence-electron chi connectivity index (χ1n) is 4.22. The van der Waals surface area contributed by atoms with Crippen LogP contribution in [0.2, 0.25) is 0 Å². The summed E-state index contributed by atoms with van der Waals surface area (Å²) in [6.45, 7) is 2.37. The van der Waals surface area contributed by atoms with Gasteiger partial charge in [0, 0.05) is 24.2 Å². The van der Waals surface area contributed by atoms with E-state index in [-0.39, 0.29) is 0 Å². The van der Waals surface area contributed by atoms with E-state index in [9.17, 15) is 4.39 Å². The van der Waals surface area contributed by atoms with Gasteiger partial charge in [0.25, 0.3) is 0 Å². The predicted molar refractivity (Wildman–Crippen MR) is 48.0 cm³/mol. The van der Waals surface area contributed by atoms with Gasteiger partial charge in [0.05, 0.1) is 0 Å². The Morgan fingerprint density at radius 2 is 2.17 bits per heavy atom. The van der Waals surface area contributed by atoms with Crippen LogP contribution in [0.5, 0.6) is 0 Å². The van der Waals surface area contributed by atoms with Crippen molar-refractivity contribution in [2.45, 2.75) is 19.0 Å². The fraction of sp³-hybridized carbons (Fsp3) is 0.400. The smallest absolute Gasteiger partial charge is 0.136 e. The Hall–Kier alpha value is -1.05. The van der Waals surface area contributed by atoms with Crippen molar-refractivity contribution < 1.29 is 4.39 Å². The molecule has 0 spiro atoms. The highest BCUT2D eigenvalue weighted by Crippen LogP contribution is 2.37. The van der Waals surface area contributed by atoms with Gasteiger partial charge in [0.2, 0.25) is 0 Å². The number of halogens is 1. The molecular formula is C10H12FN. The minimum Gasteiger partial charge on any atom is -0.385 e. The minimum atomic E-state index is -1.15. The molecule has 1 aromatic rings. The molecule has 1 aromatic carbocycles. The van der Waals surface area contributed by atoms with Crippen molar-refractivity contribution >= 4 is 5.69 Å². The van der Waals surface area contributed by atoms with Gasteiger partial charge in [-0.3, -0.25) is 0 Å². The standard InChI is InChI=1S/C10H12FN/c1-10(11)6-7-12-9-5-3-2-4-8(9)10/h2-5,12H,6-7H2,1H3. The highest BCUT2D eigenvalue weighted by molar-refractivity contribution is 5.55. The molecule has 1 N–H and O–H groups in total. The average Bonchev–Trinajstić information content (AvgIpc) is 2.04. The SMILES string of the molecule is CC1(F)CCNc2ccccc21. The largest absolute Gasteiger partial charge is 0.385 e. The van der Waals surface area contributed by atoms with Crippen LogP contribution in [0.15, 0.2) is 24.3 Å². The van der Waals surface area contributed by atoms with Gasteiger partial charge in [0.15, 0.2) is 0 Å². The fourth-order valence-corrected chi connectivity index (χ4v) is 1.66. The number of hydrogen-bond acceptors (Lipinski definition) is 1. The Labute approximate surface area is 71.6 Å². The van der Waals surface area contributed by atoms with Gasteiger partial charge in [-0.15, -0.1) is 0 Å². The molecule has 0 aliphatic carbocycles. The van der Waals surface area contributed by atoms with Crippen LogP contribution in [-0.2, 0) is 5.67 Å². The molecule has 1 atom stereocenters. The Morgan fingerprint density at radius 3 is 2.92 bits per heavy atom. The van der Waals surface area contributed by atoms with E-state index < -0.39 is 5.67 Å². The van der Waals surface area contributed by atoms with Crippen molar-refractivity contribution in [1.82, 2.24) is 0 Å². The summed E-state index contributed by atoms with van der Waals surface area (Å²) >= 11 is 0. The first kappa shape index (κ1) is 7.59. The van der Waals surface area contributed by atoms with E-state index in [0.717, 1.165) is 17.8 Å². The van der Waals surface area contributed by atoms with Gasteiger partial charge in [-0.1, -0.05) is 18.2 Å². The molecule has 2 heteroatoms. The second kappa shape index (κ2) is 2.47. The number of nitrogens with one attached hydrogen (secondary N) is 1. The average molecular weight is 165 g/mol. The number of para-hydroxylation sites is 1. The Balaban J connectivity index is 2.52. The molecule has 1 nitrogen and oxygen atoms in total. The van der Waals surface area contributed by atoms with Gasteiger partial charge in [0.1, 0.15) is 5.67 Å². The van der Waals surface area contributed by atoms with Crippen molar-refractivity contribution in [2.24, 2.45) is 0 Å². The molecule has 1 aliphatic heterocycles. The number of fused-ring (bicyclic) bond motifs is 1. The molecule has 0 saturated carbocycles. The third kappa shape index (κ3) is 1.07. The zero-order chi connectivity index (χ0) is 8.60. The number of rotatable bonds is 0. The molecule has 0 radical (unpaired) electrons. The van der Waals surface area contributed by atoms with Crippen LogP contribution in [0.1, 0.15) is 18.9 Å². The predicted octanol–water partition coefficient (Wildman–Crippen LogP) is 2.69. The maximum absolute atomic E-state index is 13.8. The maximum Gasteiger partial charge on any atom is 0.136 e. The van der Waals surface area contributed by atoms with Crippen molar-refractivity contribution in [2.75, 3.05) is 11.9 Å². The van der Waals surface area contributed by atoms with E-state index in [1.165, 1.54) is 0 Å². The van der Waals surface area contributed by atoms with Crippen LogP contribution >= 0.6 is 0 Å². The van der Waals surface area contributed by atoms with Crippen LogP contribution in [0, 0.1) is 0 Å². The molecule has 0 saturated heterocycles. The first-order chi connectivity index (χ1) is 5.70. The highest BCUT2D eigenvalue weighted by Gasteiger charge is 2.30. The molecule has 0 bridgehead atoms. The summed E-state index contributed by atoms with van der Waals surface area (Å²) in [6, 6.07) is 7.57. The quantitative estimate of drug-likeness (QED) is 0.623. The number of alkyl halides is 1. The van der Waals surface area contributed by atoms with Gasteiger partial charge in [-0.05, 0) is 13.0 Å². The van der Waals surface area contributed by atoms with Gasteiger partial charge in [-0.2, -0.15) is 0 Å². The lowest BCUT2D eigenvalue weighted by molar-refractivity contribution is 0.178. The van der Waals surface area contributed by atoms with Crippen molar-refractivity contribution in [3.63, 3.8) is 0 Å². The highest BCUT2D eigenvalue weighted by atomic mass is 19.1. The number of hydrogen-bond donors (Lipinski definition) is 1. The van der Waals surface area contributed by atoms with E-state index in [2.05, 4.69) is 5.32 Å². The topological polar surface area (TPSA) is 12.0 Å². The van der Waals surface area contributed by atoms with Crippen molar-refractivity contribution in [3.05, 3.63) is 29.8 Å². The minimum absolute atomic E-state index is 0.560. The van der Waals surface area contributed by atoms with Crippen molar-refractivity contribution in [3.8, 4) is 0 Å². The Bertz CT molecular complexity index is 294. The van der Waals surface area contributed by atoms with Crippen LogP contribution in [-0.4, -0.2) is 6.54 Å². The lowest BCUT2D eigenvalue weighted by atomic mass is 9.90. The molecular weight excluding hydrogens is 153 g/mol. The lowest BCUT2D eigenvalue weighted by Gasteiger charge is -2.29. The van der Waals surface area contributed by atoms with Crippen LogP contribution in [0.4, 0.5) is 10.1 Å². The van der Waals surface area contributed by atoms with Crippen LogP contribution in [0.25, 0.3) is 0 Å². The summed E-state index contributed by atoms with van der Waals surface area (Å²) in [5.74, 6) is 0. The van der Waals surface area contributed by atoms with E-state index in [4.69, 9.17) is 0 Å². The molecule has 2 rings (SSSR count). The number of anilines is 1. The summed E-state index contributed by atoms with van der Waals surface area (Å²) in [5, 5.41) is 3.18. The third-order valence-electron chi connectivity index (χ3n) is 2.40. The lowest BCUT2D eigenvalue weighted by Crippen LogP contribution is -2.26. The van der Waals surface area contributed by atoms with Crippen LogP contribution < -0.4 is 5.32 Å².